The standard InChI is InChI=1S/C21H18ClN3O3S/c1-12-19(20(26)23-16-10-14(22)6-9-18(16)28-3)29-21-24-17(11-25(12)21)13-4-7-15(27-2)8-5-13/h4-11H,1-3H3,(H,23,26). The molecule has 0 radical (unpaired) electrons. The Morgan fingerprint density at radius 3 is 2.55 bits per heavy atom. The van der Waals surface area contributed by atoms with Crippen LogP contribution in [0.1, 0.15) is 15.4 Å². The summed E-state index contributed by atoms with van der Waals surface area (Å²) in [5.74, 6) is 1.11. The van der Waals surface area contributed by atoms with Gasteiger partial charge in [0.05, 0.1) is 25.6 Å². The molecule has 0 spiro atoms. The lowest BCUT2D eigenvalue weighted by molar-refractivity contribution is 0.102. The minimum Gasteiger partial charge on any atom is -0.497 e. The molecule has 0 saturated carbocycles. The molecule has 0 saturated heterocycles. The van der Waals surface area contributed by atoms with Crippen LogP contribution >= 0.6 is 22.9 Å². The van der Waals surface area contributed by atoms with Gasteiger partial charge in [-0.05, 0) is 49.4 Å². The molecule has 2 aromatic heterocycles. The summed E-state index contributed by atoms with van der Waals surface area (Å²) in [6.45, 7) is 1.90. The lowest BCUT2D eigenvalue weighted by Gasteiger charge is -2.10. The zero-order chi connectivity index (χ0) is 20.5. The lowest BCUT2D eigenvalue weighted by atomic mass is 10.2. The Labute approximate surface area is 176 Å². The zero-order valence-corrected chi connectivity index (χ0v) is 17.6. The van der Waals surface area contributed by atoms with Gasteiger partial charge in [-0.3, -0.25) is 9.20 Å². The molecule has 0 atom stereocenters. The first-order valence-electron chi connectivity index (χ1n) is 8.78. The van der Waals surface area contributed by atoms with E-state index in [1.807, 2.05) is 41.8 Å². The van der Waals surface area contributed by atoms with Gasteiger partial charge in [-0.25, -0.2) is 4.98 Å². The summed E-state index contributed by atoms with van der Waals surface area (Å²) in [7, 11) is 3.18. The number of thiazole rings is 1. The average molecular weight is 428 g/mol. The van der Waals surface area contributed by atoms with E-state index in [0.717, 1.165) is 27.7 Å². The Hall–Kier alpha value is -3.03. The van der Waals surface area contributed by atoms with Gasteiger partial charge in [-0.15, -0.1) is 0 Å². The number of amides is 1. The minimum absolute atomic E-state index is 0.232. The molecule has 0 fully saturated rings. The first-order valence-corrected chi connectivity index (χ1v) is 9.97. The van der Waals surface area contributed by atoms with Gasteiger partial charge in [0.2, 0.25) is 0 Å². The first kappa shape index (κ1) is 19.3. The van der Waals surface area contributed by atoms with E-state index >= 15 is 0 Å². The molecule has 0 aliphatic heterocycles. The quantitative estimate of drug-likeness (QED) is 0.469. The van der Waals surface area contributed by atoms with E-state index in [4.69, 9.17) is 21.1 Å². The van der Waals surface area contributed by atoms with Crippen molar-refractivity contribution in [3.63, 3.8) is 0 Å². The summed E-state index contributed by atoms with van der Waals surface area (Å²) in [6.07, 6.45) is 1.93. The van der Waals surface area contributed by atoms with Crippen LogP contribution in [-0.2, 0) is 0 Å². The fourth-order valence-electron chi connectivity index (χ4n) is 3.02. The van der Waals surface area contributed by atoms with E-state index < -0.39 is 0 Å². The Balaban J connectivity index is 1.63. The molecule has 0 unspecified atom stereocenters. The van der Waals surface area contributed by atoms with Crippen molar-refractivity contribution in [1.82, 2.24) is 9.38 Å². The molecule has 8 heteroatoms. The second-order valence-corrected chi connectivity index (χ2v) is 7.74. The molecule has 0 aliphatic carbocycles. The normalized spacial score (nSPS) is 10.9. The smallest absolute Gasteiger partial charge is 0.267 e. The van der Waals surface area contributed by atoms with E-state index in [1.165, 1.54) is 11.3 Å². The monoisotopic (exact) mass is 427 g/mol. The summed E-state index contributed by atoms with van der Waals surface area (Å²) < 4.78 is 12.4. The van der Waals surface area contributed by atoms with Gasteiger partial charge < -0.3 is 14.8 Å². The number of aromatic nitrogens is 2. The van der Waals surface area contributed by atoms with Crippen molar-refractivity contribution >= 4 is 39.5 Å². The van der Waals surface area contributed by atoms with E-state index in [-0.39, 0.29) is 5.91 Å². The number of carbonyl (C=O) groups is 1. The maximum atomic E-state index is 12.9. The van der Waals surface area contributed by atoms with E-state index in [2.05, 4.69) is 10.3 Å². The molecular weight excluding hydrogens is 410 g/mol. The number of fused-ring (bicyclic) bond motifs is 1. The number of nitrogens with one attached hydrogen (secondary N) is 1. The Bertz CT molecular complexity index is 1200. The summed E-state index contributed by atoms with van der Waals surface area (Å²) in [4.78, 5) is 18.9. The fraction of sp³-hybridized carbons (Fsp3) is 0.143. The fourth-order valence-corrected chi connectivity index (χ4v) is 4.20. The van der Waals surface area contributed by atoms with Crippen molar-refractivity contribution < 1.29 is 14.3 Å². The molecule has 1 amide bonds. The van der Waals surface area contributed by atoms with E-state index in [0.29, 0.717) is 21.3 Å². The van der Waals surface area contributed by atoms with E-state index in [9.17, 15) is 4.79 Å². The van der Waals surface area contributed by atoms with Crippen LogP contribution in [0.15, 0.2) is 48.7 Å². The number of methoxy groups -OCH3 is 2. The topological polar surface area (TPSA) is 64.9 Å². The number of ether oxygens (including phenoxy) is 2. The van der Waals surface area contributed by atoms with Crippen LogP contribution in [0.5, 0.6) is 11.5 Å². The van der Waals surface area contributed by atoms with Gasteiger partial charge in [0.25, 0.3) is 5.91 Å². The molecule has 6 nitrogen and oxygen atoms in total. The number of hydrogen-bond acceptors (Lipinski definition) is 5. The molecule has 4 aromatic rings. The van der Waals surface area contributed by atoms with Gasteiger partial charge in [0.1, 0.15) is 16.4 Å². The number of aryl methyl sites for hydroxylation is 1. The number of carbonyl (C=O) groups excluding carboxylic acids is 1. The van der Waals surface area contributed by atoms with Crippen LogP contribution in [0.25, 0.3) is 16.2 Å². The van der Waals surface area contributed by atoms with Crippen LogP contribution in [-0.4, -0.2) is 29.5 Å². The average Bonchev–Trinajstić information content (AvgIpc) is 3.28. The highest BCUT2D eigenvalue weighted by Crippen LogP contribution is 2.31. The van der Waals surface area contributed by atoms with Crippen LogP contribution in [0.2, 0.25) is 5.02 Å². The van der Waals surface area contributed by atoms with Crippen LogP contribution < -0.4 is 14.8 Å². The van der Waals surface area contributed by atoms with Crippen molar-refractivity contribution in [1.29, 1.82) is 0 Å². The summed E-state index contributed by atoms with van der Waals surface area (Å²) in [6, 6.07) is 12.8. The number of hydrogen-bond donors (Lipinski definition) is 1. The predicted octanol–water partition coefficient (Wildman–Crippen LogP) is 5.29. The summed E-state index contributed by atoms with van der Waals surface area (Å²) >= 11 is 7.38. The van der Waals surface area contributed by atoms with Crippen LogP contribution in [0.3, 0.4) is 0 Å². The number of rotatable bonds is 5. The summed E-state index contributed by atoms with van der Waals surface area (Å²) in [5, 5.41) is 3.39. The minimum atomic E-state index is -0.232. The SMILES string of the molecule is COc1ccc(-c2cn3c(C)c(C(=O)Nc4cc(Cl)ccc4OC)sc3n2)cc1. The predicted molar refractivity (Wildman–Crippen MR) is 116 cm³/mol. The Morgan fingerprint density at radius 2 is 1.90 bits per heavy atom. The number of anilines is 1. The highest BCUT2D eigenvalue weighted by Gasteiger charge is 2.19. The summed E-state index contributed by atoms with van der Waals surface area (Å²) in [5.41, 5.74) is 3.16. The van der Waals surface area contributed by atoms with Gasteiger partial charge in [-0.1, -0.05) is 22.9 Å². The molecule has 0 bridgehead atoms. The van der Waals surface area contributed by atoms with Crippen LogP contribution in [0.4, 0.5) is 5.69 Å². The van der Waals surface area contributed by atoms with Gasteiger partial charge in [-0.2, -0.15) is 0 Å². The third-order valence-electron chi connectivity index (χ3n) is 4.56. The van der Waals surface area contributed by atoms with Crippen molar-refractivity contribution in [2.45, 2.75) is 6.92 Å². The lowest BCUT2D eigenvalue weighted by Crippen LogP contribution is -2.12. The first-order chi connectivity index (χ1) is 14.0. The largest absolute Gasteiger partial charge is 0.497 e. The second kappa shape index (κ2) is 7.77. The zero-order valence-electron chi connectivity index (χ0n) is 16.0. The Kier molecular flexibility index (Phi) is 5.17. The third kappa shape index (κ3) is 3.66. The van der Waals surface area contributed by atoms with E-state index in [1.54, 1.807) is 32.4 Å². The van der Waals surface area contributed by atoms with Gasteiger partial charge in [0, 0.05) is 22.5 Å². The van der Waals surface area contributed by atoms with Gasteiger partial charge >= 0.3 is 0 Å². The molecule has 2 heterocycles. The number of halogens is 1. The third-order valence-corrected chi connectivity index (χ3v) is 5.95. The van der Waals surface area contributed by atoms with Crippen molar-refractivity contribution in [2.24, 2.45) is 0 Å². The molecule has 1 N–H and O–H groups in total. The number of benzene rings is 2. The molecule has 29 heavy (non-hydrogen) atoms. The number of nitrogens with zero attached hydrogens (tertiary/aromatic N) is 2. The number of imidazole rings is 1. The maximum absolute atomic E-state index is 12.9. The molecule has 2 aromatic carbocycles. The maximum Gasteiger partial charge on any atom is 0.267 e. The van der Waals surface area contributed by atoms with Crippen LogP contribution in [0, 0.1) is 6.92 Å². The van der Waals surface area contributed by atoms with Crippen molar-refractivity contribution in [3.8, 4) is 22.8 Å². The van der Waals surface area contributed by atoms with Crippen molar-refractivity contribution in [2.75, 3.05) is 19.5 Å². The molecule has 148 valence electrons. The highest BCUT2D eigenvalue weighted by molar-refractivity contribution is 7.19. The molecule has 0 aliphatic rings. The van der Waals surface area contributed by atoms with Gasteiger partial charge in [0.15, 0.2) is 4.96 Å². The highest BCUT2D eigenvalue weighted by atomic mass is 35.5. The second-order valence-electron chi connectivity index (χ2n) is 6.32. The molecule has 4 rings (SSSR count). The Morgan fingerprint density at radius 1 is 1.14 bits per heavy atom. The molecular formula is C21H18ClN3O3S. The van der Waals surface area contributed by atoms with Crippen molar-refractivity contribution in [3.05, 3.63) is 64.3 Å².